The first-order valence-electron chi connectivity index (χ1n) is 29.8. The van der Waals surface area contributed by atoms with Crippen molar-refractivity contribution in [2.45, 2.75) is 315 Å². The van der Waals surface area contributed by atoms with Crippen LogP contribution in [0.2, 0.25) is 0 Å². The highest BCUT2D eigenvalue weighted by Crippen LogP contribution is 2.17. The molecule has 68 heavy (non-hydrogen) atoms. The maximum Gasteiger partial charge on any atom is 0.306 e. The highest BCUT2D eigenvalue weighted by Gasteiger charge is 2.16. The van der Waals surface area contributed by atoms with E-state index in [1.54, 1.807) is 0 Å². The lowest BCUT2D eigenvalue weighted by atomic mass is 10.0. The number of carbonyl (C=O) groups is 2. The molecule has 0 heterocycles. The van der Waals surface area contributed by atoms with Crippen LogP contribution in [-0.2, 0) is 19.1 Å². The standard InChI is InChI=1S/C63H114O5/c1-3-5-7-9-11-13-15-17-19-21-23-25-27-28-29-30-31-32-33-34-36-38-40-42-44-46-48-50-52-54-56-58-63(66)68-61(59-64)60-67-62(65)57-55-53-51-49-47-45-43-41-39-37-35-26-24-22-20-18-16-14-12-10-8-6-4-2/h15-18,21-24,27-28,61,64H,3-14,19-20,25-26,29-60H2,1-2H3/b17-15-,18-16-,23-21-,24-22-,28-27-. The van der Waals surface area contributed by atoms with Gasteiger partial charge in [-0.05, 0) is 83.5 Å². The molecule has 396 valence electrons. The molecule has 0 rings (SSSR count). The largest absolute Gasteiger partial charge is 0.462 e. The van der Waals surface area contributed by atoms with Crippen LogP contribution in [0.3, 0.4) is 0 Å². The molecule has 0 aromatic rings. The quantitative estimate of drug-likeness (QED) is 0.0374. The molecular weight excluding hydrogens is 837 g/mol. The van der Waals surface area contributed by atoms with Crippen molar-refractivity contribution in [1.82, 2.24) is 0 Å². The molecule has 0 spiro atoms. The smallest absolute Gasteiger partial charge is 0.306 e. The van der Waals surface area contributed by atoms with Crippen molar-refractivity contribution >= 4 is 11.9 Å². The Labute approximate surface area is 423 Å². The molecule has 0 aliphatic heterocycles. The number of unbranched alkanes of at least 4 members (excludes halogenated alkanes) is 37. The molecule has 1 unspecified atom stereocenters. The molecule has 0 saturated carbocycles. The summed E-state index contributed by atoms with van der Waals surface area (Å²) in [5.74, 6) is -0.581. The van der Waals surface area contributed by atoms with Crippen molar-refractivity contribution in [2.24, 2.45) is 0 Å². The minimum Gasteiger partial charge on any atom is -0.462 e. The SMILES string of the molecule is CCCCCCC/C=C\C/C=C\C/C=C\CCCCCCCCCCCCCCCCCCC(=O)OC(CO)COC(=O)CCCCCCCCCCCCC/C=C\C/C=C\CCCCCCC. The Hall–Kier alpha value is -2.40. The number of hydrogen-bond donors (Lipinski definition) is 1. The fraction of sp³-hybridized carbons (Fsp3) is 0.810. The zero-order chi connectivity index (χ0) is 49.2. The predicted octanol–water partition coefficient (Wildman–Crippen LogP) is 20.2. The van der Waals surface area contributed by atoms with Crippen LogP contribution >= 0.6 is 0 Å². The van der Waals surface area contributed by atoms with E-state index in [2.05, 4.69) is 74.6 Å². The van der Waals surface area contributed by atoms with Gasteiger partial charge < -0.3 is 14.6 Å². The zero-order valence-electron chi connectivity index (χ0n) is 45.4. The number of rotatable bonds is 55. The Bertz CT molecular complexity index is 1170. The van der Waals surface area contributed by atoms with E-state index >= 15 is 0 Å². The first-order chi connectivity index (χ1) is 33.6. The summed E-state index contributed by atoms with van der Waals surface area (Å²) in [6.07, 6.45) is 79.2. The Morgan fingerprint density at radius 3 is 0.882 bits per heavy atom. The molecule has 5 heteroatoms. The average molecular weight is 952 g/mol. The predicted molar refractivity (Wildman–Crippen MR) is 297 cm³/mol. The van der Waals surface area contributed by atoms with Crippen LogP contribution in [0.4, 0.5) is 0 Å². The molecule has 0 aliphatic rings. The van der Waals surface area contributed by atoms with Gasteiger partial charge in [-0.25, -0.2) is 0 Å². The van der Waals surface area contributed by atoms with Crippen LogP contribution in [0.25, 0.3) is 0 Å². The van der Waals surface area contributed by atoms with E-state index in [0.29, 0.717) is 12.8 Å². The van der Waals surface area contributed by atoms with Crippen molar-refractivity contribution in [3.63, 3.8) is 0 Å². The minimum atomic E-state index is -0.774. The van der Waals surface area contributed by atoms with Crippen LogP contribution in [0, 0.1) is 0 Å². The summed E-state index contributed by atoms with van der Waals surface area (Å²) < 4.78 is 10.7. The van der Waals surface area contributed by atoms with Crippen LogP contribution < -0.4 is 0 Å². The maximum absolute atomic E-state index is 12.3. The van der Waals surface area contributed by atoms with Crippen LogP contribution in [0.5, 0.6) is 0 Å². The average Bonchev–Trinajstić information content (AvgIpc) is 3.34. The van der Waals surface area contributed by atoms with Gasteiger partial charge in [0.2, 0.25) is 0 Å². The number of ether oxygens (including phenoxy) is 2. The molecule has 0 aliphatic carbocycles. The van der Waals surface area contributed by atoms with Gasteiger partial charge in [-0.1, -0.05) is 274 Å². The summed E-state index contributed by atoms with van der Waals surface area (Å²) in [5.41, 5.74) is 0. The second-order valence-electron chi connectivity index (χ2n) is 20.1. The van der Waals surface area contributed by atoms with Gasteiger partial charge in [-0.15, -0.1) is 0 Å². The lowest BCUT2D eigenvalue weighted by Crippen LogP contribution is -2.28. The molecule has 1 N–H and O–H groups in total. The van der Waals surface area contributed by atoms with Gasteiger partial charge in [0.1, 0.15) is 6.61 Å². The second kappa shape index (κ2) is 58.9. The third kappa shape index (κ3) is 56.2. The highest BCUT2D eigenvalue weighted by atomic mass is 16.6. The molecule has 0 aromatic carbocycles. The van der Waals surface area contributed by atoms with Crippen molar-refractivity contribution in [2.75, 3.05) is 13.2 Å². The number of esters is 2. The summed E-state index contributed by atoms with van der Waals surface area (Å²) in [6, 6.07) is 0. The van der Waals surface area contributed by atoms with E-state index in [1.807, 2.05) is 0 Å². The number of aliphatic hydroxyl groups excluding tert-OH is 1. The van der Waals surface area contributed by atoms with E-state index in [0.717, 1.165) is 57.8 Å². The lowest BCUT2D eigenvalue weighted by Gasteiger charge is -2.15. The van der Waals surface area contributed by atoms with Gasteiger partial charge in [0, 0.05) is 12.8 Å². The van der Waals surface area contributed by atoms with Gasteiger partial charge in [-0.2, -0.15) is 0 Å². The van der Waals surface area contributed by atoms with Crippen molar-refractivity contribution in [3.8, 4) is 0 Å². The molecule has 1 atom stereocenters. The zero-order valence-corrected chi connectivity index (χ0v) is 45.4. The van der Waals surface area contributed by atoms with E-state index < -0.39 is 6.10 Å². The van der Waals surface area contributed by atoms with Crippen LogP contribution in [0.1, 0.15) is 309 Å². The minimum absolute atomic E-state index is 0.0655. The van der Waals surface area contributed by atoms with Crippen LogP contribution in [0.15, 0.2) is 60.8 Å². The molecule has 0 aromatic heterocycles. The Kier molecular flexibility index (Phi) is 56.8. The summed E-state index contributed by atoms with van der Waals surface area (Å²) in [5, 5.41) is 9.66. The number of allylic oxidation sites excluding steroid dienone is 10. The Morgan fingerprint density at radius 2 is 0.588 bits per heavy atom. The van der Waals surface area contributed by atoms with Crippen molar-refractivity contribution in [3.05, 3.63) is 60.8 Å². The van der Waals surface area contributed by atoms with E-state index in [9.17, 15) is 14.7 Å². The molecule has 5 nitrogen and oxygen atoms in total. The van der Waals surface area contributed by atoms with Gasteiger partial charge in [0.05, 0.1) is 6.61 Å². The van der Waals surface area contributed by atoms with Crippen molar-refractivity contribution < 1.29 is 24.2 Å². The lowest BCUT2D eigenvalue weighted by molar-refractivity contribution is -0.161. The number of aliphatic hydroxyl groups is 1. The van der Waals surface area contributed by atoms with Crippen molar-refractivity contribution in [1.29, 1.82) is 0 Å². The van der Waals surface area contributed by atoms with Crippen LogP contribution in [-0.4, -0.2) is 36.4 Å². The van der Waals surface area contributed by atoms with E-state index in [-0.39, 0.29) is 25.2 Å². The summed E-state index contributed by atoms with van der Waals surface area (Å²) in [6.45, 7) is 4.15. The number of hydrogen-bond acceptors (Lipinski definition) is 5. The third-order valence-electron chi connectivity index (χ3n) is 13.3. The molecule has 0 fully saturated rings. The molecular formula is C63H114O5. The monoisotopic (exact) mass is 951 g/mol. The van der Waals surface area contributed by atoms with E-state index in [4.69, 9.17) is 9.47 Å². The van der Waals surface area contributed by atoms with Gasteiger partial charge >= 0.3 is 11.9 Å². The third-order valence-corrected chi connectivity index (χ3v) is 13.3. The fourth-order valence-corrected chi connectivity index (χ4v) is 8.77. The van der Waals surface area contributed by atoms with Gasteiger partial charge in [0.25, 0.3) is 0 Å². The Balaban J connectivity index is 3.46. The highest BCUT2D eigenvalue weighted by molar-refractivity contribution is 5.70. The Morgan fingerprint density at radius 1 is 0.338 bits per heavy atom. The van der Waals surface area contributed by atoms with Gasteiger partial charge in [-0.3, -0.25) is 9.59 Å². The maximum atomic E-state index is 12.3. The topological polar surface area (TPSA) is 72.8 Å². The molecule has 0 saturated heterocycles. The summed E-state index contributed by atoms with van der Waals surface area (Å²) >= 11 is 0. The second-order valence-corrected chi connectivity index (χ2v) is 20.1. The fourth-order valence-electron chi connectivity index (χ4n) is 8.77. The number of carbonyl (C=O) groups excluding carboxylic acids is 2. The summed E-state index contributed by atoms with van der Waals surface area (Å²) in [4.78, 5) is 24.6. The van der Waals surface area contributed by atoms with E-state index in [1.165, 1.54) is 225 Å². The first-order valence-corrected chi connectivity index (χ1v) is 29.8. The molecule has 0 amide bonds. The van der Waals surface area contributed by atoms with Gasteiger partial charge in [0.15, 0.2) is 6.10 Å². The summed E-state index contributed by atoms with van der Waals surface area (Å²) in [7, 11) is 0. The normalized spacial score (nSPS) is 12.6. The molecule has 0 bridgehead atoms. The molecule has 0 radical (unpaired) electrons. The first kappa shape index (κ1) is 65.6.